The standard InChI is InChI=1S/C19H22O3S2/c1-4-22-19(21)13-8-7-12-16(17(20)14-6-5-9-23-14)15(10-11(2)3)24-18(12)13/h5-6,9,11,13H,4,7-8,10H2,1-3H3. The van der Waals surface area contributed by atoms with Crippen LogP contribution in [-0.4, -0.2) is 18.4 Å². The van der Waals surface area contributed by atoms with Crippen LogP contribution in [0.4, 0.5) is 0 Å². The van der Waals surface area contributed by atoms with Gasteiger partial charge in [0.1, 0.15) is 0 Å². The molecule has 0 aromatic carbocycles. The maximum absolute atomic E-state index is 13.0. The zero-order valence-corrected chi connectivity index (χ0v) is 15.9. The van der Waals surface area contributed by atoms with E-state index in [2.05, 4.69) is 13.8 Å². The predicted octanol–water partition coefficient (Wildman–Crippen LogP) is 4.83. The van der Waals surface area contributed by atoms with Gasteiger partial charge in [0.15, 0.2) is 0 Å². The summed E-state index contributed by atoms with van der Waals surface area (Å²) in [4.78, 5) is 28.2. The van der Waals surface area contributed by atoms with Crippen LogP contribution in [0.1, 0.15) is 63.7 Å². The summed E-state index contributed by atoms with van der Waals surface area (Å²) in [6, 6.07) is 3.79. The average Bonchev–Trinajstić information content (AvgIpc) is 3.22. The van der Waals surface area contributed by atoms with Gasteiger partial charge in [-0.2, -0.15) is 0 Å². The van der Waals surface area contributed by atoms with Crippen molar-refractivity contribution < 1.29 is 14.3 Å². The van der Waals surface area contributed by atoms with Crippen molar-refractivity contribution >= 4 is 34.4 Å². The smallest absolute Gasteiger partial charge is 0.314 e. The molecule has 5 heteroatoms. The minimum Gasteiger partial charge on any atom is -0.465 e. The Morgan fingerprint density at radius 3 is 2.79 bits per heavy atom. The maximum atomic E-state index is 13.0. The van der Waals surface area contributed by atoms with Crippen LogP contribution in [0.25, 0.3) is 0 Å². The third-order valence-electron chi connectivity index (χ3n) is 4.25. The van der Waals surface area contributed by atoms with E-state index in [-0.39, 0.29) is 17.7 Å². The SMILES string of the molecule is CCOC(=O)C1CCc2c1sc(CC(C)C)c2C(=O)c1cccs1. The summed E-state index contributed by atoms with van der Waals surface area (Å²) in [6.45, 7) is 6.55. The van der Waals surface area contributed by atoms with Gasteiger partial charge in [0.25, 0.3) is 0 Å². The molecule has 0 saturated carbocycles. The van der Waals surface area contributed by atoms with Crippen molar-refractivity contribution in [3.05, 3.63) is 43.3 Å². The Morgan fingerprint density at radius 2 is 2.17 bits per heavy atom. The van der Waals surface area contributed by atoms with Gasteiger partial charge >= 0.3 is 5.97 Å². The lowest BCUT2D eigenvalue weighted by molar-refractivity contribution is -0.144. The van der Waals surface area contributed by atoms with Crippen molar-refractivity contribution in [2.24, 2.45) is 5.92 Å². The highest BCUT2D eigenvalue weighted by Crippen LogP contribution is 2.44. The van der Waals surface area contributed by atoms with Crippen molar-refractivity contribution in [3.63, 3.8) is 0 Å². The second kappa shape index (κ2) is 7.19. The number of ether oxygens (including phenoxy) is 1. The number of ketones is 1. The largest absolute Gasteiger partial charge is 0.465 e. The van der Waals surface area contributed by atoms with Gasteiger partial charge in [-0.1, -0.05) is 19.9 Å². The number of fused-ring (bicyclic) bond motifs is 1. The van der Waals surface area contributed by atoms with Crippen molar-refractivity contribution in [2.75, 3.05) is 6.61 Å². The molecular weight excluding hydrogens is 340 g/mol. The molecule has 1 atom stereocenters. The Labute approximate surface area is 150 Å². The lowest BCUT2D eigenvalue weighted by Crippen LogP contribution is -2.12. The van der Waals surface area contributed by atoms with Crippen LogP contribution in [0.3, 0.4) is 0 Å². The van der Waals surface area contributed by atoms with Gasteiger partial charge in [0.2, 0.25) is 5.78 Å². The van der Waals surface area contributed by atoms with Gasteiger partial charge in [0.05, 0.1) is 17.4 Å². The summed E-state index contributed by atoms with van der Waals surface area (Å²) in [5.74, 6) is 0.242. The van der Waals surface area contributed by atoms with Crippen LogP contribution in [0.2, 0.25) is 0 Å². The first-order valence-electron chi connectivity index (χ1n) is 8.42. The van der Waals surface area contributed by atoms with Crippen molar-refractivity contribution in [1.29, 1.82) is 0 Å². The van der Waals surface area contributed by atoms with Crippen LogP contribution in [0.5, 0.6) is 0 Å². The first kappa shape index (κ1) is 17.4. The van der Waals surface area contributed by atoms with Gasteiger partial charge in [-0.3, -0.25) is 9.59 Å². The maximum Gasteiger partial charge on any atom is 0.314 e. The molecule has 2 aromatic rings. The third-order valence-corrected chi connectivity index (χ3v) is 6.48. The molecule has 0 radical (unpaired) electrons. The molecule has 2 heterocycles. The van der Waals surface area contributed by atoms with E-state index in [9.17, 15) is 9.59 Å². The Bertz CT molecular complexity index is 741. The minimum atomic E-state index is -0.194. The topological polar surface area (TPSA) is 43.4 Å². The quantitative estimate of drug-likeness (QED) is 0.546. The molecule has 3 rings (SSSR count). The number of hydrogen-bond acceptors (Lipinski definition) is 5. The Balaban J connectivity index is 2.03. The highest BCUT2D eigenvalue weighted by atomic mass is 32.1. The number of hydrogen-bond donors (Lipinski definition) is 0. The van der Waals surface area contributed by atoms with Crippen LogP contribution in [-0.2, 0) is 22.4 Å². The molecule has 0 N–H and O–H groups in total. The number of thiophene rings is 2. The van der Waals surface area contributed by atoms with E-state index in [0.29, 0.717) is 12.5 Å². The fourth-order valence-electron chi connectivity index (χ4n) is 3.26. The van der Waals surface area contributed by atoms with E-state index in [0.717, 1.165) is 45.0 Å². The number of carbonyl (C=O) groups excluding carboxylic acids is 2. The Hall–Kier alpha value is -1.46. The van der Waals surface area contributed by atoms with Crippen LogP contribution < -0.4 is 0 Å². The first-order chi connectivity index (χ1) is 11.5. The second-order valence-corrected chi connectivity index (χ2v) is 8.58. The molecule has 1 unspecified atom stereocenters. The third kappa shape index (κ3) is 3.20. The van der Waals surface area contributed by atoms with Gasteiger partial charge in [-0.25, -0.2) is 0 Å². The molecule has 1 aliphatic carbocycles. The summed E-state index contributed by atoms with van der Waals surface area (Å²) in [5, 5.41) is 1.93. The van der Waals surface area contributed by atoms with Gasteiger partial charge in [-0.05, 0) is 49.1 Å². The molecule has 0 fully saturated rings. The summed E-state index contributed by atoms with van der Waals surface area (Å²) in [6.07, 6.45) is 2.42. The van der Waals surface area contributed by atoms with E-state index in [1.807, 2.05) is 24.4 Å². The van der Waals surface area contributed by atoms with Gasteiger partial charge in [-0.15, -0.1) is 22.7 Å². The summed E-state index contributed by atoms with van der Waals surface area (Å²) >= 11 is 3.13. The lowest BCUT2D eigenvalue weighted by Gasteiger charge is -2.09. The van der Waals surface area contributed by atoms with Crippen LogP contribution in [0, 0.1) is 5.92 Å². The Morgan fingerprint density at radius 1 is 1.38 bits per heavy atom. The molecule has 1 aliphatic rings. The summed E-state index contributed by atoms with van der Waals surface area (Å²) < 4.78 is 5.23. The summed E-state index contributed by atoms with van der Waals surface area (Å²) in [7, 11) is 0. The highest BCUT2D eigenvalue weighted by molar-refractivity contribution is 7.14. The number of carbonyl (C=O) groups is 2. The van der Waals surface area contributed by atoms with Gasteiger partial charge in [0, 0.05) is 15.3 Å². The van der Waals surface area contributed by atoms with Gasteiger partial charge < -0.3 is 4.74 Å². The van der Waals surface area contributed by atoms with E-state index < -0.39 is 0 Å². The predicted molar refractivity (Wildman–Crippen MR) is 98.3 cm³/mol. The molecule has 128 valence electrons. The van der Waals surface area contributed by atoms with E-state index in [4.69, 9.17) is 4.74 Å². The Kier molecular flexibility index (Phi) is 5.21. The lowest BCUT2D eigenvalue weighted by atomic mass is 9.99. The van der Waals surface area contributed by atoms with Crippen LogP contribution in [0.15, 0.2) is 17.5 Å². The average molecular weight is 363 g/mol. The van der Waals surface area contributed by atoms with Crippen LogP contribution >= 0.6 is 22.7 Å². The zero-order chi connectivity index (χ0) is 17.3. The van der Waals surface area contributed by atoms with E-state index in [1.54, 1.807) is 11.3 Å². The fraction of sp³-hybridized carbons (Fsp3) is 0.474. The fourth-order valence-corrected chi connectivity index (χ4v) is 5.62. The van der Waals surface area contributed by atoms with E-state index in [1.165, 1.54) is 11.3 Å². The molecular formula is C19H22O3S2. The molecule has 0 amide bonds. The molecule has 0 bridgehead atoms. The molecule has 24 heavy (non-hydrogen) atoms. The molecule has 0 saturated heterocycles. The number of rotatable bonds is 6. The first-order valence-corrected chi connectivity index (χ1v) is 10.1. The molecule has 0 spiro atoms. The van der Waals surface area contributed by atoms with E-state index >= 15 is 0 Å². The molecule has 2 aromatic heterocycles. The summed E-state index contributed by atoms with van der Waals surface area (Å²) in [5.41, 5.74) is 1.95. The second-order valence-electron chi connectivity index (χ2n) is 6.49. The highest BCUT2D eigenvalue weighted by Gasteiger charge is 2.37. The zero-order valence-electron chi connectivity index (χ0n) is 14.3. The van der Waals surface area contributed by atoms with Crippen molar-refractivity contribution in [1.82, 2.24) is 0 Å². The minimum absolute atomic E-state index is 0.114. The molecule has 0 aliphatic heterocycles. The van der Waals surface area contributed by atoms with Crippen molar-refractivity contribution in [3.8, 4) is 0 Å². The number of esters is 1. The normalized spacial score (nSPS) is 16.4. The monoisotopic (exact) mass is 362 g/mol. The molecule has 3 nitrogen and oxygen atoms in total. The van der Waals surface area contributed by atoms with Crippen molar-refractivity contribution in [2.45, 2.75) is 46.0 Å².